The second-order valence-corrected chi connectivity index (χ2v) is 4.92. The molecule has 0 saturated carbocycles. The van der Waals surface area contributed by atoms with Gasteiger partial charge in [-0.1, -0.05) is 20.8 Å². The third-order valence-corrected chi connectivity index (χ3v) is 3.21. The summed E-state index contributed by atoms with van der Waals surface area (Å²) in [4.78, 5) is 4.61. The van der Waals surface area contributed by atoms with Crippen molar-refractivity contribution >= 4 is 0 Å². The molecule has 0 aromatic carbocycles. The Labute approximate surface area is 97.6 Å². The monoisotopic (exact) mass is 222 g/mol. The van der Waals surface area contributed by atoms with E-state index in [0.29, 0.717) is 12.0 Å². The minimum Gasteiger partial charge on any atom is -0.445 e. The molecule has 2 heterocycles. The molecule has 3 heteroatoms. The van der Waals surface area contributed by atoms with E-state index >= 15 is 0 Å². The van der Waals surface area contributed by atoms with Crippen molar-refractivity contribution in [2.24, 2.45) is 0 Å². The van der Waals surface area contributed by atoms with Crippen LogP contribution in [-0.2, 0) is 12.8 Å². The van der Waals surface area contributed by atoms with Crippen molar-refractivity contribution in [2.45, 2.75) is 58.4 Å². The third kappa shape index (κ3) is 2.46. The van der Waals surface area contributed by atoms with Gasteiger partial charge in [0, 0.05) is 18.4 Å². The van der Waals surface area contributed by atoms with Crippen LogP contribution in [0.2, 0.25) is 0 Å². The Morgan fingerprint density at radius 1 is 1.50 bits per heavy atom. The summed E-state index contributed by atoms with van der Waals surface area (Å²) in [6.45, 7) is 7.61. The molecule has 3 nitrogen and oxygen atoms in total. The Morgan fingerprint density at radius 2 is 2.31 bits per heavy atom. The van der Waals surface area contributed by atoms with Gasteiger partial charge in [0.25, 0.3) is 0 Å². The van der Waals surface area contributed by atoms with E-state index in [-0.39, 0.29) is 0 Å². The van der Waals surface area contributed by atoms with Gasteiger partial charge < -0.3 is 9.73 Å². The highest BCUT2D eigenvalue weighted by atomic mass is 16.4. The fraction of sp³-hybridized carbons (Fsp3) is 0.769. The molecule has 90 valence electrons. The van der Waals surface area contributed by atoms with Gasteiger partial charge >= 0.3 is 0 Å². The maximum atomic E-state index is 5.88. The first-order valence-corrected chi connectivity index (χ1v) is 6.42. The van der Waals surface area contributed by atoms with Crippen molar-refractivity contribution in [3.05, 3.63) is 17.3 Å². The summed E-state index contributed by atoms with van der Waals surface area (Å²) < 4.78 is 5.88. The average Bonchev–Trinajstić information content (AvgIpc) is 2.87. The van der Waals surface area contributed by atoms with E-state index in [2.05, 4.69) is 31.1 Å². The van der Waals surface area contributed by atoms with Crippen LogP contribution in [0.25, 0.3) is 0 Å². The Morgan fingerprint density at radius 3 is 2.81 bits per heavy atom. The fourth-order valence-corrected chi connectivity index (χ4v) is 2.35. The number of nitrogens with one attached hydrogen (secondary N) is 1. The van der Waals surface area contributed by atoms with Crippen molar-refractivity contribution in [3.63, 3.8) is 0 Å². The number of aryl methyl sites for hydroxylation is 1. The van der Waals surface area contributed by atoms with Gasteiger partial charge in [0.15, 0.2) is 5.89 Å². The predicted octanol–water partition coefficient (Wildman–Crippen LogP) is 2.65. The van der Waals surface area contributed by atoms with E-state index in [1.165, 1.54) is 12.8 Å². The van der Waals surface area contributed by atoms with Gasteiger partial charge in [0.05, 0.1) is 5.69 Å². The molecule has 1 aromatic heterocycles. The lowest BCUT2D eigenvalue weighted by molar-refractivity contribution is 0.415. The van der Waals surface area contributed by atoms with E-state index in [1.807, 2.05) is 0 Å². The van der Waals surface area contributed by atoms with E-state index in [1.54, 1.807) is 0 Å². The van der Waals surface area contributed by atoms with Crippen LogP contribution < -0.4 is 5.32 Å². The molecule has 0 spiro atoms. The highest BCUT2D eigenvalue weighted by molar-refractivity contribution is 5.14. The summed E-state index contributed by atoms with van der Waals surface area (Å²) in [6, 6.07) is 0.573. The normalized spacial score (nSPS) is 20.9. The lowest BCUT2D eigenvalue weighted by atomic mass is 10.1. The number of oxazole rings is 1. The molecule has 1 fully saturated rings. The molecule has 2 rings (SSSR count). The van der Waals surface area contributed by atoms with Crippen LogP contribution in [-0.4, -0.2) is 17.6 Å². The summed E-state index contributed by atoms with van der Waals surface area (Å²) in [6.07, 6.45) is 4.44. The summed E-state index contributed by atoms with van der Waals surface area (Å²) >= 11 is 0. The quantitative estimate of drug-likeness (QED) is 0.851. The largest absolute Gasteiger partial charge is 0.445 e. The molecule has 16 heavy (non-hydrogen) atoms. The van der Waals surface area contributed by atoms with Gasteiger partial charge in [-0.15, -0.1) is 0 Å². The summed E-state index contributed by atoms with van der Waals surface area (Å²) in [5, 5.41) is 3.48. The van der Waals surface area contributed by atoms with Crippen LogP contribution in [0.5, 0.6) is 0 Å². The topological polar surface area (TPSA) is 38.1 Å². The maximum absolute atomic E-state index is 5.88. The zero-order chi connectivity index (χ0) is 11.5. The summed E-state index contributed by atoms with van der Waals surface area (Å²) in [5.41, 5.74) is 1.14. The van der Waals surface area contributed by atoms with Crippen LogP contribution in [0.1, 0.15) is 56.9 Å². The van der Waals surface area contributed by atoms with Gasteiger partial charge in [0.1, 0.15) is 5.76 Å². The van der Waals surface area contributed by atoms with E-state index in [4.69, 9.17) is 4.42 Å². The number of hydrogen-bond acceptors (Lipinski definition) is 3. The minimum atomic E-state index is 0.438. The molecule has 1 saturated heterocycles. The molecule has 1 atom stereocenters. The first-order chi connectivity index (χ1) is 7.70. The first kappa shape index (κ1) is 11.6. The number of aromatic nitrogens is 1. The predicted molar refractivity (Wildman–Crippen MR) is 64.7 cm³/mol. The van der Waals surface area contributed by atoms with Crippen LogP contribution in [0.3, 0.4) is 0 Å². The molecule has 1 aliphatic heterocycles. The minimum absolute atomic E-state index is 0.438. The molecular formula is C13H22N2O. The van der Waals surface area contributed by atoms with Gasteiger partial charge in [-0.25, -0.2) is 4.98 Å². The Hall–Kier alpha value is -0.830. The third-order valence-electron chi connectivity index (χ3n) is 3.21. The van der Waals surface area contributed by atoms with Gasteiger partial charge in [-0.3, -0.25) is 0 Å². The first-order valence-electron chi connectivity index (χ1n) is 6.42. The van der Waals surface area contributed by atoms with Crippen molar-refractivity contribution in [3.8, 4) is 0 Å². The van der Waals surface area contributed by atoms with Crippen molar-refractivity contribution in [1.82, 2.24) is 10.3 Å². The SMILES string of the molecule is CCc1nc(CC2CCCN2)oc1C(C)C. The Kier molecular flexibility index (Phi) is 3.64. The smallest absolute Gasteiger partial charge is 0.196 e. The number of hydrogen-bond donors (Lipinski definition) is 1. The van der Waals surface area contributed by atoms with Crippen molar-refractivity contribution in [1.29, 1.82) is 0 Å². The second-order valence-electron chi connectivity index (χ2n) is 4.92. The zero-order valence-electron chi connectivity index (χ0n) is 10.5. The van der Waals surface area contributed by atoms with Crippen LogP contribution in [0.15, 0.2) is 4.42 Å². The van der Waals surface area contributed by atoms with Crippen molar-refractivity contribution < 1.29 is 4.42 Å². The summed E-state index contributed by atoms with van der Waals surface area (Å²) in [7, 11) is 0. The lowest BCUT2D eigenvalue weighted by Crippen LogP contribution is -2.23. The summed E-state index contributed by atoms with van der Waals surface area (Å²) in [5.74, 6) is 2.43. The van der Waals surface area contributed by atoms with Crippen molar-refractivity contribution in [2.75, 3.05) is 6.54 Å². The second kappa shape index (κ2) is 5.00. The van der Waals surface area contributed by atoms with E-state index < -0.39 is 0 Å². The standard InChI is InChI=1S/C13H22N2O/c1-4-11-13(9(2)3)16-12(15-11)8-10-6-5-7-14-10/h9-10,14H,4-8H2,1-3H3. The van der Waals surface area contributed by atoms with Gasteiger partial charge in [0.2, 0.25) is 0 Å². The van der Waals surface area contributed by atoms with Crippen LogP contribution in [0.4, 0.5) is 0 Å². The maximum Gasteiger partial charge on any atom is 0.196 e. The van der Waals surface area contributed by atoms with Crippen LogP contribution >= 0.6 is 0 Å². The number of nitrogens with zero attached hydrogens (tertiary/aromatic N) is 1. The molecule has 1 aliphatic rings. The van der Waals surface area contributed by atoms with Gasteiger partial charge in [-0.05, 0) is 25.8 Å². The molecule has 1 unspecified atom stereocenters. The molecule has 0 bridgehead atoms. The van der Waals surface area contributed by atoms with Gasteiger partial charge in [-0.2, -0.15) is 0 Å². The molecule has 0 radical (unpaired) electrons. The van der Waals surface area contributed by atoms with E-state index in [0.717, 1.165) is 36.7 Å². The number of rotatable bonds is 4. The lowest BCUT2D eigenvalue weighted by Gasteiger charge is -2.05. The molecule has 1 N–H and O–H groups in total. The average molecular weight is 222 g/mol. The molecule has 0 aliphatic carbocycles. The highest BCUT2D eigenvalue weighted by Gasteiger charge is 2.20. The highest BCUT2D eigenvalue weighted by Crippen LogP contribution is 2.22. The molecular weight excluding hydrogens is 200 g/mol. The fourth-order valence-electron chi connectivity index (χ4n) is 2.35. The molecule has 1 aromatic rings. The molecule has 0 amide bonds. The Balaban J connectivity index is 2.09. The van der Waals surface area contributed by atoms with Crippen LogP contribution in [0, 0.1) is 0 Å². The van der Waals surface area contributed by atoms with E-state index in [9.17, 15) is 0 Å². The Bertz CT molecular complexity index is 338. The zero-order valence-corrected chi connectivity index (χ0v) is 10.5.